The molecule has 1 saturated heterocycles. The summed E-state index contributed by atoms with van der Waals surface area (Å²) in [5.41, 5.74) is 2.20. The van der Waals surface area contributed by atoms with Crippen LogP contribution in [0.25, 0.3) is 11.3 Å². The van der Waals surface area contributed by atoms with Crippen molar-refractivity contribution >= 4 is 12.4 Å². The number of hydrogen-bond acceptors (Lipinski definition) is 6. The summed E-state index contributed by atoms with van der Waals surface area (Å²) in [6.45, 7) is 3.48. The normalized spacial score (nSPS) is 17.3. The number of nitrogens with zero attached hydrogens (tertiary/aromatic N) is 3. The second-order valence-electron chi connectivity index (χ2n) is 6.32. The smallest absolute Gasteiger partial charge is 0.209 e. The first-order chi connectivity index (χ1) is 12.8. The van der Waals surface area contributed by atoms with Gasteiger partial charge in [-0.15, -0.1) is 12.4 Å². The molecule has 3 aromatic rings. The van der Waals surface area contributed by atoms with Gasteiger partial charge in [0.2, 0.25) is 5.89 Å². The zero-order valence-corrected chi connectivity index (χ0v) is 16.0. The molecule has 3 heterocycles. The molecule has 1 aliphatic heterocycles. The van der Waals surface area contributed by atoms with Crippen LogP contribution in [-0.4, -0.2) is 41.6 Å². The highest BCUT2D eigenvalue weighted by molar-refractivity contribution is 5.85. The summed E-state index contributed by atoms with van der Waals surface area (Å²) in [7, 11) is 1.66. The zero-order valence-electron chi connectivity index (χ0n) is 15.2. The summed E-state index contributed by atoms with van der Waals surface area (Å²) in [4.78, 5) is 11.1. The molecule has 142 valence electrons. The van der Waals surface area contributed by atoms with Crippen molar-refractivity contribution in [2.24, 2.45) is 0 Å². The Morgan fingerprint density at radius 2 is 2.07 bits per heavy atom. The molecule has 1 aliphatic rings. The van der Waals surface area contributed by atoms with Crippen LogP contribution in [0.1, 0.15) is 17.5 Å². The Balaban J connectivity index is 0.00000210. The van der Waals surface area contributed by atoms with E-state index in [1.54, 1.807) is 19.5 Å². The minimum atomic E-state index is 0. The Hall–Kier alpha value is -2.41. The molecule has 1 fully saturated rings. The third kappa shape index (κ3) is 4.47. The van der Waals surface area contributed by atoms with E-state index in [2.05, 4.69) is 26.3 Å². The average molecular weight is 387 g/mol. The summed E-state index contributed by atoms with van der Waals surface area (Å²) in [6, 6.07) is 12.2. The Labute approximate surface area is 165 Å². The monoisotopic (exact) mass is 386 g/mol. The van der Waals surface area contributed by atoms with Gasteiger partial charge in [-0.25, -0.2) is 4.98 Å². The largest absolute Gasteiger partial charge is 0.497 e. The van der Waals surface area contributed by atoms with Crippen molar-refractivity contribution in [3.05, 3.63) is 66.4 Å². The highest BCUT2D eigenvalue weighted by Crippen LogP contribution is 2.26. The standard InChI is InChI=1S/C20H22N4O2.ClH/c1-25-17-6-4-15(5-7-17)19-13-23-20(26-19)14-24-10-9-22-12-18(24)16-3-2-8-21-11-16;/h2-8,11,13,18,22H,9-10,12,14H2,1H3;1H. The zero-order chi connectivity index (χ0) is 17.8. The van der Waals surface area contributed by atoms with E-state index in [1.807, 2.05) is 36.5 Å². The molecule has 7 heteroatoms. The molecule has 1 unspecified atom stereocenters. The van der Waals surface area contributed by atoms with Crippen LogP contribution >= 0.6 is 12.4 Å². The molecule has 4 rings (SSSR count). The Bertz CT molecular complexity index is 839. The number of hydrogen-bond donors (Lipinski definition) is 1. The molecule has 6 nitrogen and oxygen atoms in total. The van der Waals surface area contributed by atoms with Crippen LogP contribution in [0.15, 0.2) is 59.4 Å². The maximum absolute atomic E-state index is 6.00. The Morgan fingerprint density at radius 1 is 1.22 bits per heavy atom. The fourth-order valence-corrected chi connectivity index (χ4v) is 3.28. The van der Waals surface area contributed by atoms with Gasteiger partial charge in [-0.05, 0) is 35.9 Å². The molecular weight excluding hydrogens is 364 g/mol. The molecule has 1 N–H and O–H groups in total. The fourth-order valence-electron chi connectivity index (χ4n) is 3.28. The lowest BCUT2D eigenvalue weighted by atomic mass is 10.1. The lowest BCUT2D eigenvalue weighted by Gasteiger charge is -2.35. The van der Waals surface area contributed by atoms with Crippen molar-refractivity contribution in [2.45, 2.75) is 12.6 Å². The number of pyridine rings is 1. The number of piperazine rings is 1. The van der Waals surface area contributed by atoms with Crippen LogP contribution in [-0.2, 0) is 6.54 Å². The number of ether oxygens (including phenoxy) is 1. The van der Waals surface area contributed by atoms with Gasteiger partial charge in [0.1, 0.15) is 5.75 Å². The number of halogens is 1. The van der Waals surface area contributed by atoms with E-state index in [0.717, 1.165) is 42.6 Å². The molecule has 0 saturated carbocycles. The minimum absolute atomic E-state index is 0. The van der Waals surface area contributed by atoms with Gasteiger partial charge in [-0.3, -0.25) is 9.88 Å². The molecule has 0 aliphatic carbocycles. The number of benzene rings is 1. The quantitative estimate of drug-likeness (QED) is 0.725. The van der Waals surface area contributed by atoms with Gasteiger partial charge in [0.15, 0.2) is 5.76 Å². The Morgan fingerprint density at radius 3 is 2.81 bits per heavy atom. The van der Waals surface area contributed by atoms with Crippen molar-refractivity contribution in [2.75, 3.05) is 26.7 Å². The Kier molecular flexibility index (Phi) is 6.45. The van der Waals surface area contributed by atoms with E-state index in [4.69, 9.17) is 9.15 Å². The van der Waals surface area contributed by atoms with Crippen molar-refractivity contribution < 1.29 is 9.15 Å². The third-order valence-corrected chi connectivity index (χ3v) is 4.69. The van der Waals surface area contributed by atoms with Gasteiger partial charge < -0.3 is 14.5 Å². The molecule has 1 aromatic carbocycles. The fraction of sp³-hybridized carbons (Fsp3) is 0.300. The number of rotatable bonds is 5. The maximum atomic E-state index is 6.00. The molecule has 0 amide bonds. The van der Waals surface area contributed by atoms with Crippen LogP contribution in [0.5, 0.6) is 5.75 Å². The number of methoxy groups -OCH3 is 1. The summed E-state index contributed by atoms with van der Waals surface area (Å²) < 4.78 is 11.2. The predicted octanol–water partition coefficient (Wildman–Crippen LogP) is 3.31. The molecule has 2 aromatic heterocycles. The van der Waals surface area contributed by atoms with Crippen molar-refractivity contribution in [1.82, 2.24) is 20.2 Å². The maximum Gasteiger partial charge on any atom is 0.209 e. The van der Waals surface area contributed by atoms with Gasteiger partial charge >= 0.3 is 0 Å². The van der Waals surface area contributed by atoms with Crippen molar-refractivity contribution in [3.8, 4) is 17.1 Å². The van der Waals surface area contributed by atoms with Crippen molar-refractivity contribution in [1.29, 1.82) is 0 Å². The second-order valence-corrected chi connectivity index (χ2v) is 6.32. The average Bonchev–Trinajstić information content (AvgIpc) is 3.18. The van der Waals surface area contributed by atoms with Crippen molar-refractivity contribution in [3.63, 3.8) is 0 Å². The first-order valence-corrected chi connectivity index (χ1v) is 8.77. The second kappa shape index (κ2) is 8.99. The van der Waals surface area contributed by atoms with E-state index < -0.39 is 0 Å². The van der Waals surface area contributed by atoms with E-state index in [9.17, 15) is 0 Å². The minimum Gasteiger partial charge on any atom is -0.497 e. The van der Waals surface area contributed by atoms with Gasteiger partial charge in [-0.1, -0.05) is 6.07 Å². The number of aromatic nitrogens is 2. The first kappa shape index (κ1) is 19.4. The third-order valence-electron chi connectivity index (χ3n) is 4.69. The summed E-state index contributed by atoms with van der Waals surface area (Å²) in [5.74, 6) is 2.33. The lowest BCUT2D eigenvalue weighted by Crippen LogP contribution is -2.45. The summed E-state index contributed by atoms with van der Waals surface area (Å²) in [6.07, 6.45) is 5.53. The molecule has 0 bridgehead atoms. The van der Waals surface area contributed by atoms with E-state index in [-0.39, 0.29) is 18.4 Å². The molecule has 0 spiro atoms. The predicted molar refractivity (Wildman–Crippen MR) is 106 cm³/mol. The van der Waals surface area contributed by atoms with Gasteiger partial charge in [0.25, 0.3) is 0 Å². The summed E-state index contributed by atoms with van der Waals surface area (Å²) >= 11 is 0. The van der Waals surface area contributed by atoms with Crippen LogP contribution in [0.3, 0.4) is 0 Å². The van der Waals surface area contributed by atoms with Crippen LogP contribution in [0, 0.1) is 0 Å². The van der Waals surface area contributed by atoms with Gasteiger partial charge in [-0.2, -0.15) is 0 Å². The van der Waals surface area contributed by atoms with Crippen LogP contribution < -0.4 is 10.1 Å². The molecule has 0 radical (unpaired) electrons. The van der Waals surface area contributed by atoms with Crippen LogP contribution in [0.4, 0.5) is 0 Å². The van der Waals surface area contributed by atoms with E-state index in [1.165, 1.54) is 5.56 Å². The SMILES string of the molecule is COc1ccc(-c2cnc(CN3CCNCC3c3cccnc3)o2)cc1.Cl. The van der Waals surface area contributed by atoms with Gasteiger partial charge in [0.05, 0.1) is 19.9 Å². The highest BCUT2D eigenvalue weighted by atomic mass is 35.5. The molecular formula is C20H23ClN4O2. The number of oxazole rings is 1. The highest BCUT2D eigenvalue weighted by Gasteiger charge is 2.25. The van der Waals surface area contributed by atoms with Gasteiger partial charge in [0, 0.05) is 43.6 Å². The first-order valence-electron chi connectivity index (χ1n) is 8.77. The van der Waals surface area contributed by atoms with E-state index in [0.29, 0.717) is 6.54 Å². The molecule has 27 heavy (non-hydrogen) atoms. The topological polar surface area (TPSA) is 63.4 Å². The van der Waals surface area contributed by atoms with E-state index >= 15 is 0 Å². The summed E-state index contributed by atoms with van der Waals surface area (Å²) in [5, 5.41) is 3.46. The lowest BCUT2D eigenvalue weighted by molar-refractivity contribution is 0.140. The number of nitrogens with one attached hydrogen (secondary N) is 1. The van der Waals surface area contributed by atoms with Crippen LogP contribution in [0.2, 0.25) is 0 Å². The molecule has 1 atom stereocenters.